The van der Waals surface area contributed by atoms with Crippen LogP contribution in [0, 0.1) is 23.7 Å². The molecule has 3 nitrogen and oxygen atoms in total. The van der Waals surface area contributed by atoms with Crippen molar-refractivity contribution in [1.29, 1.82) is 5.26 Å². The molecule has 0 aromatic carbocycles. The van der Waals surface area contributed by atoms with Gasteiger partial charge in [0.1, 0.15) is 6.54 Å². The molecule has 2 aromatic heterocycles. The molecule has 2 aromatic rings. The van der Waals surface area contributed by atoms with Gasteiger partial charge in [0.2, 0.25) is 0 Å². The summed E-state index contributed by atoms with van der Waals surface area (Å²) in [6.45, 7) is 0.404. The minimum Gasteiger partial charge on any atom is -0.256 e. The molecule has 4 heteroatoms. The maximum Gasteiger partial charge on any atom is 0.102 e. The molecule has 0 amide bonds. The third-order valence-corrected chi connectivity index (χ3v) is 2.86. The lowest BCUT2D eigenvalue weighted by molar-refractivity contribution is 0.685. The number of nitriles is 1. The highest BCUT2D eigenvalue weighted by Gasteiger charge is 2.08. The van der Waals surface area contributed by atoms with Gasteiger partial charge in [-0.3, -0.25) is 4.68 Å². The molecule has 0 unspecified atom stereocenters. The van der Waals surface area contributed by atoms with Gasteiger partial charge in [-0.05, 0) is 17.5 Å². The zero-order valence-corrected chi connectivity index (χ0v) is 9.37. The molecule has 0 aliphatic heterocycles. The molecular weight excluding hydrogens is 218 g/mol. The Labute approximate surface area is 98.0 Å². The molecule has 2 rings (SSSR count). The van der Waals surface area contributed by atoms with Crippen LogP contribution in [0.3, 0.4) is 0 Å². The van der Waals surface area contributed by atoms with Gasteiger partial charge in [0.15, 0.2) is 0 Å². The number of terminal acetylenes is 1. The Hall–Kier alpha value is -2.04. The molecule has 0 aliphatic rings. The van der Waals surface area contributed by atoms with E-state index in [1.807, 2.05) is 22.9 Å². The van der Waals surface area contributed by atoms with Gasteiger partial charge in [-0.25, -0.2) is 0 Å². The summed E-state index contributed by atoms with van der Waals surface area (Å²) in [6.07, 6.45) is 5.59. The Kier molecular flexibility index (Phi) is 3.05. The average molecular weight is 227 g/mol. The molecule has 0 atom stereocenters. The predicted molar refractivity (Wildman–Crippen MR) is 63.7 cm³/mol. The van der Waals surface area contributed by atoms with Crippen molar-refractivity contribution < 1.29 is 0 Å². The molecule has 16 heavy (non-hydrogen) atoms. The molecular formula is C12H9N3S. The van der Waals surface area contributed by atoms with Crippen LogP contribution >= 0.6 is 11.3 Å². The number of aromatic nitrogens is 2. The standard InChI is InChI=1S/C12H9N3S/c1-2-6-15-11(3-5-13)8-12(14-15)10-4-7-16-9-10/h1,4,7-9H,3,6H2. The monoisotopic (exact) mass is 227 g/mol. The summed E-state index contributed by atoms with van der Waals surface area (Å²) in [5.41, 5.74) is 2.81. The van der Waals surface area contributed by atoms with Crippen molar-refractivity contribution in [2.45, 2.75) is 13.0 Å². The number of hydrogen-bond acceptors (Lipinski definition) is 3. The lowest BCUT2D eigenvalue weighted by Crippen LogP contribution is -2.02. The van der Waals surface area contributed by atoms with Gasteiger partial charge in [0.05, 0.1) is 23.9 Å². The van der Waals surface area contributed by atoms with Crippen molar-refractivity contribution in [1.82, 2.24) is 9.78 Å². The van der Waals surface area contributed by atoms with Gasteiger partial charge < -0.3 is 0 Å². The Balaban J connectivity index is 2.40. The van der Waals surface area contributed by atoms with Crippen molar-refractivity contribution in [3.63, 3.8) is 0 Å². The van der Waals surface area contributed by atoms with Crippen LogP contribution in [0.1, 0.15) is 5.69 Å². The normalized spacial score (nSPS) is 9.62. The van der Waals surface area contributed by atoms with Gasteiger partial charge in [-0.2, -0.15) is 21.7 Å². The van der Waals surface area contributed by atoms with E-state index in [4.69, 9.17) is 11.7 Å². The largest absolute Gasteiger partial charge is 0.256 e. The number of nitrogens with zero attached hydrogens (tertiary/aromatic N) is 3. The first-order chi connectivity index (χ1) is 7.85. The average Bonchev–Trinajstić information content (AvgIpc) is 2.89. The van der Waals surface area contributed by atoms with Gasteiger partial charge in [-0.1, -0.05) is 5.92 Å². The number of thiophene rings is 1. The van der Waals surface area contributed by atoms with Crippen molar-refractivity contribution in [3.05, 3.63) is 28.6 Å². The summed E-state index contributed by atoms with van der Waals surface area (Å²) in [6, 6.07) is 6.04. The second kappa shape index (κ2) is 4.65. The van der Waals surface area contributed by atoms with Crippen molar-refractivity contribution >= 4 is 11.3 Å². The van der Waals surface area contributed by atoms with Gasteiger partial charge in [0, 0.05) is 10.9 Å². The highest BCUT2D eigenvalue weighted by Crippen LogP contribution is 2.21. The Bertz CT molecular complexity index is 519. The summed E-state index contributed by atoms with van der Waals surface area (Å²) in [5.74, 6) is 2.54. The molecule has 78 valence electrons. The molecule has 0 radical (unpaired) electrons. The maximum absolute atomic E-state index is 8.71. The molecule has 0 N–H and O–H groups in total. The number of hydrogen-bond donors (Lipinski definition) is 0. The molecule has 0 saturated heterocycles. The van der Waals surface area contributed by atoms with E-state index in [0.29, 0.717) is 13.0 Å². The van der Waals surface area contributed by atoms with E-state index in [1.54, 1.807) is 16.0 Å². The number of rotatable bonds is 3. The summed E-state index contributed by atoms with van der Waals surface area (Å²) in [7, 11) is 0. The van der Waals surface area contributed by atoms with E-state index < -0.39 is 0 Å². The molecule has 0 saturated carbocycles. The third-order valence-electron chi connectivity index (χ3n) is 2.18. The van der Waals surface area contributed by atoms with Crippen LogP contribution in [0.2, 0.25) is 0 Å². The Morgan fingerprint density at radius 1 is 1.56 bits per heavy atom. The minimum absolute atomic E-state index is 0.332. The van der Waals surface area contributed by atoms with E-state index in [1.165, 1.54) is 0 Å². The first kappa shape index (κ1) is 10.5. The van der Waals surface area contributed by atoms with E-state index in [9.17, 15) is 0 Å². The maximum atomic E-state index is 8.71. The van der Waals surface area contributed by atoms with Crippen LogP contribution in [0.5, 0.6) is 0 Å². The van der Waals surface area contributed by atoms with Crippen LogP contribution in [-0.2, 0) is 13.0 Å². The molecule has 2 heterocycles. The Morgan fingerprint density at radius 3 is 3.06 bits per heavy atom. The van der Waals surface area contributed by atoms with E-state index in [2.05, 4.69) is 17.1 Å². The van der Waals surface area contributed by atoms with Crippen molar-refractivity contribution in [2.24, 2.45) is 0 Å². The summed E-state index contributed by atoms with van der Waals surface area (Å²) in [4.78, 5) is 0. The minimum atomic E-state index is 0.332. The fourth-order valence-corrected chi connectivity index (χ4v) is 2.10. The molecule has 0 bridgehead atoms. The van der Waals surface area contributed by atoms with Crippen LogP contribution in [0.15, 0.2) is 22.9 Å². The zero-order chi connectivity index (χ0) is 11.4. The summed E-state index contributed by atoms with van der Waals surface area (Å²) >= 11 is 1.62. The van der Waals surface area contributed by atoms with Crippen molar-refractivity contribution in [3.8, 4) is 29.7 Å². The Morgan fingerprint density at radius 2 is 2.44 bits per heavy atom. The van der Waals surface area contributed by atoms with Crippen molar-refractivity contribution in [2.75, 3.05) is 0 Å². The van der Waals surface area contributed by atoms with Gasteiger partial charge in [0.25, 0.3) is 0 Å². The van der Waals surface area contributed by atoms with Gasteiger partial charge >= 0.3 is 0 Å². The van der Waals surface area contributed by atoms with Crippen LogP contribution in [0.25, 0.3) is 11.3 Å². The predicted octanol–water partition coefficient (Wildman–Crippen LogP) is 2.31. The van der Waals surface area contributed by atoms with Gasteiger partial charge in [-0.15, -0.1) is 6.42 Å². The summed E-state index contributed by atoms with van der Waals surface area (Å²) < 4.78 is 1.70. The highest BCUT2D eigenvalue weighted by atomic mass is 32.1. The van der Waals surface area contributed by atoms with E-state index >= 15 is 0 Å². The quantitative estimate of drug-likeness (QED) is 0.755. The van der Waals surface area contributed by atoms with E-state index in [-0.39, 0.29) is 0 Å². The van der Waals surface area contributed by atoms with Crippen LogP contribution < -0.4 is 0 Å². The lowest BCUT2D eigenvalue weighted by Gasteiger charge is -1.97. The lowest BCUT2D eigenvalue weighted by atomic mass is 10.2. The molecule has 0 spiro atoms. The smallest absolute Gasteiger partial charge is 0.102 e. The van der Waals surface area contributed by atoms with E-state index in [0.717, 1.165) is 17.0 Å². The second-order valence-electron chi connectivity index (χ2n) is 3.23. The fraction of sp³-hybridized carbons (Fsp3) is 0.167. The highest BCUT2D eigenvalue weighted by molar-refractivity contribution is 7.08. The van der Waals surface area contributed by atoms with Crippen LogP contribution in [-0.4, -0.2) is 9.78 Å². The SMILES string of the molecule is C#CCn1nc(-c2ccsc2)cc1CC#N. The second-order valence-corrected chi connectivity index (χ2v) is 4.01. The summed E-state index contributed by atoms with van der Waals surface area (Å²) in [5, 5.41) is 17.1. The zero-order valence-electron chi connectivity index (χ0n) is 8.55. The van der Waals surface area contributed by atoms with Crippen LogP contribution in [0.4, 0.5) is 0 Å². The first-order valence-corrected chi connectivity index (χ1v) is 5.69. The first-order valence-electron chi connectivity index (χ1n) is 4.75. The molecule has 0 aliphatic carbocycles. The topological polar surface area (TPSA) is 41.6 Å². The molecule has 0 fully saturated rings. The fourth-order valence-electron chi connectivity index (χ4n) is 1.45. The third kappa shape index (κ3) is 1.98.